The topological polar surface area (TPSA) is 72.3 Å². The fraction of sp³-hybridized carbons (Fsp3) is 0.500. The van der Waals surface area contributed by atoms with E-state index in [2.05, 4.69) is 11.8 Å². The first-order chi connectivity index (χ1) is 8.95. The Balaban J connectivity index is 2.13. The second kappa shape index (κ2) is 5.67. The van der Waals surface area contributed by atoms with Crippen LogP contribution in [0.15, 0.2) is 18.2 Å². The highest BCUT2D eigenvalue weighted by Gasteiger charge is 2.23. The Kier molecular flexibility index (Phi) is 4.17. The van der Waals surface area contributed by atoms with Gasteiger partial charge in [-0.25, -0.2) is 4.39 Å². The van der Waals surface area contributed by atoms with Gasteiger partial charge in [-0.2, -0.15) is 0 Å². The zero-order chi connectivity index (χ0) is 14.0. The number of rotatable bonds is 3. The lowest BCUT2D eigenvalue weighted by molar-refractivity contribution is 0.1000. The van der Waals surface area contributed by atoms with E-state index in [0.29, 0.717) is 23.6 Å². The SMILES string of the molecule is CC1CC(N)CN(Cc2cc(C(N)=O)ccc2F)C1. The van der Waals surface area contributed by atoms with Gasteiger partial charge in [0.15, 0.2) is 0 Å². The number of benzene rings is 1. The maximum Gasteiger partial charge on any atom is 0.248 e. The summed E-state index contributed by atoms with van der Waals surface area (Å²) in [6.45, 7) is 4.26. The highest BCUT2D eigenvalue weighted by molar-refractivity contribution is 5.92. The summed E-state index contributed by atoms with van der Waals surface area (Å²) in [6.07, 6.45) is 1.00. The minimum atomic E-state index is -0.537. The summed E-state index contributed by atoms with van der Waals surface area (Å²) in [7, 11) is 0. The largest absolute Gasteiger partial charge is 0.366 e. The molecule has 19 heavy (non-hydrogen) atoms. The summed E-state index contributed by atoms with van der Waals surface area (Å²) >= 11 is 0. The molecule has 2 unspecified atom stereocenters. The molecule has 104 valence electrons. The lowest BCUT2D eigenvalue weighted by Crippen LogP contribution is -2.45. The van der Waals surface area contributed by atoms with Gasteiger partial charge in [0.25, 0.3) is 0 Å². The zero-order valence-electron chi connectivity index (χ0n) is 11.1. The van der Waals surface area contributed by atoms with E-state index in [-0.39, 0.29) is 11.9 Å². The Hall–Kier alpha value is -1.46. The number of hydrogen-bond acceptors (Lipinski definition) is 3. The Morgan fingerprint density at radius 1 is 1.47 bits per heavy atom. The Labute approximate surface area is 112 Å². The number of carbonyl (C=O) groups excluding carboxylic acids is 1. The van der Waals surface area contributed by atoms with Crippen molar-refractivity contribution in [3.05, 3.63) is 35.1 Å². The molecule has 0 aliphatic carbocycles. The highest BCUT2D eigenvalue weighted by atomic mass is 19.1. The molecule has 2 atom stereocenters. The van der Waals surface area contributed by atoms with Crippen LogP contribution in [-0.4, -0.2) is 29.9 Å². The molecule has 1 aromatic carbocycles. The van der Waals surface area contributed by atoms with Gasteiger partial charge in [-0.3, -0.25) is 9.69 Å². The van der Waals surface area contributed by atoms with Crippen molar-refractivity contribution in [3.63, 3.8) is 0 Å². The van der Waals surface area contributed by atoms with Crippen LogP contribution in [0.2, 0.25) is 0 Å². The van der Waals surface area contributed by atoms with Gasteiger partial charge in [0.2, 0.25) is 5.91 Å². The van der Waals surface area contributed by atoms with Crippen molar-refractivity contribution >= 4 is 5.91 Å². The van der Waals surface area contributed by atoms with E-state index in [4.69, 9.17) is 11.5 Å². The second-order valence-corrected chi connectivity index (χ2v) is 5.47. The Morgan fingerprint density at radius 3 is 2.84 bits per heavy atom. The van der Waals surface area contributed by atoms with E-state index < -0.39 is 5.91 Å². The predicted octanol–water partition coefficient (Wildman–Crippen LogP) is 1.09. The summed E-state index contributed by atoms with van der Waals surface area (Å²) in [4.78, 5) is 13.3. The molecule has 0 spiro atoms. The van der Waals surface area contributed by atoms with Crippen LogP contribution >= 0.6 is 0 Å². The van der Waals surface area contributed by atoms with E-state index in [0.717, 1.165) is 19.5 Å². The number of hydrogen-bond donors (Lipinski definition) is 2. The minimum absolute atomic E-state index is 0.131. The normalized spacial score (nSPS) is 24.4. The molecular weight excluding hydrogens is 245 g/mol. The number of nitrogens with zero attached hydrogens (tertiary/aromatic N) is 1. The molecule has 1 amide bonds. The molecule has 1 aromatic rings. The van der Waals surface area contributed by atoms with Crippen LogP contribution in [0.4, 0.5) is 4.39 Å². The molecule has 0 radical (unpaired) electrons. The monoisotopic (exact) mass is 265 g/mol. The van der Waals surface area contributed by atoms with Crippen LogP contribution in [0.5, 0.6) is 0 Å². The van der Waals surface area contributed by atoms with E-state index >= 15 is 0 Å². The fourth-order valence-electron chi connectivity index (χ4n) is 2.73. The van der Waals surface area contributed by atoms with Gasteiger partial charge < -0.3 is 11.5 Å². The van der Waals surface area contributed by atoms with Crippen molar-refractivity contribution in [2.45, 2.75) is 25.9 Å². The number of halogens is 1. The third-order valence-corrected chi connectivity index (χ3v) is 3.49. The number of amides is 1. The van der Waals surface area contributed by atoms with Gasteiger partial charge in [-0.15, -0.1) is 0 Å². The average molecular weight is 265 g/mol. The van der Waals surface area contributed by atoms with E-state index in [1.165, 1.54) is 18.2 Å². The summed E-state index contributed by atoms with van der Waals surface area (Å²) < 4.78 is 13.8. The number of nitrogens with two attached hydrogens (primary N) is 2. The Morgan fingerprint density at radius 2 is 2.21 bits per heavy atom. The quantitative estimate of drug-likeness (QED) is 0.859. The smallest absolute Gasteiger partial charge is 0.248 e. The number of primary amides is 1. The molecule has 1 saturated heterocycles. The molecule has 0 aromatic heterocycles. The minimum Gasteiger partial charge on any atom is -0.366 e. The average Bonchev–Trinajstić information content (AvgIpc) is 2.30. The molecule has 1 aliphatic heterocycles. The number of likely N-dealkylation sites (tertiary alicyclic amines) is 1. The van der Waals surface area contributed by atoms with Gasteiger partial charge in [0.05, 0.1) is 0 Å². The Bertz CT molecular complexity index is 468. The molecule has 1 aliphatic rings. The van der Waals surface area contributed by atoms with E-state index in [9.17, 15) is 9.18 Å². The van der Waals surface area contributed by atoms with Gasteiger partial charge in [0, 0.05) is 36.8 Å². The van der Waals surface area contributed by atoms with Gasteiger partial charge in [-0.1, -0.05) is 6.92 Å². The third kappa shape index (κ3) is 3.52. The van der Waals surface area contributed by atoms with Crippen LogP contribution in [0.3, 0.4) is 0 Å². The van der Waals surface area contributed by atoms with Crippen LogP contribution in [0.25, 0.3) is 0 Å². The van der Waals surface area contributed by atoms with Crippen molar-refractivity contribution in [1.29, 1.82) is 0 Å². The van der Waals surface area contributed by atoms with Gasteiger partial charge >= 0.3 is 0 Å². The van der Waals surface area contributed by atoms with E-state index in [1.807, 2.05) is 0 Å². The molecule has 1 fully saturated rings. The maximum atomic E-state index is 13.8. The first-order valence-electron chi connectivity index (χ1n) is 6.52. The summed E-state index contributed by atoms with van der Waals surface area (Å²) in [5.41, 5.74) is 12.0. The van der Waals surface area contributed by atoms with Crippen molar-refractivity contribution in [2.24, 2.45) is 17.4 Å². The number of piperidine rings is 1. The van der Waals surface area contributed by atoms with Crippen LogP contribution < -0.4 is 11.5 Å². The predicted molar refractivity (Wildman–Crippen MR) is 72.0 cm³/mol. The molecule has 1 heterocycles. The van der Waals surface area contributed by atoms with Crippen LogP contribution in [-0.2, 0) is 6.54 Å². The second-order valence-electron chi connectivity index (χ2n) is 5.47. The van der Waals surface area contributed by atoms with Crippen molar-refractivity contribution < 1.29 is 9.18 Å². The summed E-state index contributed by atoms with van der Waals surface area (Å²) in [6, 6.07) is 4.36. The molecule has 0 bridgehead atoms. The van der Waals surface area contributed by atoms with E-state index in [1.54, 1.807) is 0 Å². The van der Waals surface area contributed by atoms with Crippen molar-refractivity contribution in [3.8, 4) is 0 Å². The zero-order valence-corrected chi connectivity index (χ0v) is 11.1. The lowest BCUT2D eigenvalue weighted by Gasteiger charge is -2.34. The molecule has 0 saturated carbocycles. The summed E-state index contributed by atoms with van der Waals surface area (Å²) in [5.74, 6) is -0.340. The summed E-state index contributed by atoms with van der Waals surface area (Å²) in [5, 5.41) is 0. The third-order valence-electron chi connectivity index (χ3n) is 3.49. The van der Waals surface area contributed by atoms with Crippen LogP contribution in [0.1, 0.15) is 29.3 Å². The standard InChI is InChI=1S/C14H20FN3O/c1-9-4-12(16)8-18(6-9)7-11-5-10(14(17)19)2-3-13(11)15/h2-3,5,9,12H,4,6-8,16H2,1H3,(H2,17,19). The molecular formula is C14H20FN3O. The van der Waals surface area contributed by atoms with Gasteiger partial charge in [0.1, 0.15) is 5.82 Å². The fourth-order valence-corrected chi connectivity index (χ4v) is 2.73. The van der Waals surface area contributed by atoms with Crippen molar-refractivity contribution in [1.82, 2.24) is 4.90 Å². The van der Waals surface area contributed by atoms with Gasteiger partial charge in [-0.05, 0) is 30.5 Å². The first kappa shape index (κ1) is 14.0. The molecule has 4 N–H and O–H groups in total. The maximum absolute atomic E-state index is 13.8. The lowest BCUT2D eigenvalue weighted by atomic mass is 9.96. The van der Waals surface area contributed by atoms with Crippen molar-refractivity contribution in [2.75, 3.05) is 13.1 Å². The molecule has 4 nitrogen and oxygen atoms in total. The van der Waals surface area contributed by atoms with Crippen LogP contribution in [0, 0.1) is 11.7 Å². The first-order valence-corrected chi connectivity index (χ1v) is 6.52. The number of carbonyl (C=O) groups is 1. The highest BCUT2D eigenvalue weighted by Crippen LogP contribution is 2.19. The molecule has 5 heteroatoms. The molecule has 2 rings (SSSR count).